The van der Waals surface area contributed by atoms with Crippen LogP contribution in [-0.2, 0) is 9.53 Å². The third kappa shape index (κ3) is 3.54. The molecule has 1 rings (SSSR count). The highest BCUT2D eigenvalue weighted by atomic mass is 16.5. The van der Waals surface area contributed by atoms with Crippen LogP contribution in [0.1, 0.15) is 6.92 Å². The molecule has 16 heavy (non-hydrogen) atoms. The topological polar surface area (TPSA) is 62.5 Å². The largest absolute Gasteiger partial charge is 0.465 e. The molecule has 0 aromatic heterocycles. The van der Waals surface area contributed by atoms with Gasteiger partial charge in [0.1, 0.15) is 0 Å². The lowest BCUT2D eigenvalue weighted by Gasteiger charge is -2.02. The van der Waals surface area contributed by atoms with E-state index in [0.29, 0.717) is 5.69 Å². The summed E-state index contributed by atoms with van der Waals surface area (Å²) >= 11 is 0. The third-order valence-electron chi connectivity index (χ3n) is 1.81. The second-order valence-electron chi connectivity index (χ2n) is 2.97. The Morgan fingerprint density at radius 2 is 2.25 bits per heavy atom. The van der Waals surface area contributed by atoms with Gasteiger partial charge in [-0.2, -0.15) is 5.26 Å². The number of nitrogens with zero attached hydrogens (tertiary/aromatic N) is 2. The molecule has 0 heterocycles. The molecule has 4 nitrogen and oxygen atoms in total. The Morgan fingerprint density at radius 3 is 2.81 bits per heavy atom. The standard InChI is InChI=1S/C12H12N2O2/c1-2-16-12(15)10(8-13)9-14-11-6-4-3-5-7-11/h3-7,9-10H,2H2,1H3. The Hall–Kier alpha value is -2.15. The summed E-state index contributed by atoms with van der Waals surface area (Å²) in [6, 6.07) is 10.9. The molecule has 0 saturated carbocycles. The Bertz CT molecular complexity index is 407. The van der Waals surface area contributed by atoms with Crippen molar-refractivity contribution in [3.63, 3.8) is 0 Å². The first kappa shape index (κ1) is 11.9. The van der Waals surface area contributed by atoms with Crippen LogP contribution < -0.4 is 0 Å². The Morgan fingerprint density at radius 1 is 1.56 bits per heavy atom. The fourth-order valence-corrected chi connectivity index (χ4v) is 1.05. The first-order valence-corrected chi connectivity index (χ1v) is 4.93. The number of carbonyl (C=O) groups is 1. The molecule has 0 radical (unpaired) electrons. The number of esters is 1. The monoisotopic (exact) mass is 216 g/mol. The van der Waals surface area contributed by atoms with Crippen LogP contribution in [-0.4, -0.2) is 18.8 Å². The van der Waals surface area contributed by atoms with E-state index in [-0.39, 0.29) is 6.61 Å². The summed E-state index contributed by atoms with van der Waals surface area (Å²) in [6.07, 6.45) is 1.30. The smallest absolute Gasteiger partial charge is 0.328 e. The molecular formula is C12H12N2O2. The lowest BCUT2D eigenvalue weighted by molar-refractivity contribution is -0.143. The summed E-state index contributed by atoms with van der Waals surface area (Å²) in [5, 5.41) is 8.76. The Balaban J connectivity index is 2.68. The highest BCUT2D eigenvalue weighted by Gasteiger charge is 2.16. The molecular weight excluding hydrogens is 204 g/mol. The van der Waals surface area contributed by atoms with Gasteiger partial charge < -0.3 is 4.74 Å². The molecule has 0 spiro atoms. The Kier molecular flexibility index (Phi) is 4.74. The van der Waals surface area contributed by atoms with Crippen LogP contribution in [0.25, 0.3) is 0 Å². The van der Waals surface area contributed by atoms with Gasteiger partial charge in [0.05, 0.1) is 18.4 Å². The van der Waals surface area contributed by atoms with Crippen molar-refractivity contribution >= 4 is 17.9 Å². The van der Waals surface area contributed by atoms with Crippen LogP contribution in [0.4, 0.5) is 5.69 Å². The van der Waals surface area contributed by atoms with Gasteiger partial charge in [0.15, 0.2) is 5.92 Å². The maximum absolute atomic E-state index is 11.3. The van der Waals surface area contributed by atoms with Crippen LogP contribution in [0.2, 0.25) is 0 Å². The molecule has 0 aliphatic carbocycles. The average Bonchev–Trinajstić information content (AvgIpc) is 2.31. The minimum atomic E-state index is -0.944. The molecule has 0 N–H and O–H groups in total. The summed E-state index contributed by atoms with van der Waals surface area (Å²) < 4.78 is 4.73. The number of para-hydroxylation sites is 1. The van der Waals surface area contributed by atoms with E-state index in [1.165, 1.54) is 6.21 Å². The average molecular weight is 216 g/mol. The summed E-state index contributed by atoms with van der Waals surface area (Å²) in [4.78, 5) is 15.3. The SMILES string of the molecule is CCOC(=O)C(C#N)C=Nc1ccccc1. The number of aliphatic imine (C=N–C) groups is 1. The van der Waals surface area contributed by atoms with Crippen molar-refractivity contribution in [2.45, 2.75) is 6.92 Å². The molecule has 1 unspecified atom stereocenters. The normalized spacial score (nSPS) is 12.0. The van der Waals surface area contributed by atoms with Gasteiger partial charge in [-0.1, -0.05) is 18.2 Å². The number of nitriles is 1. The number of hydrogen-bond acceptors (Lipinski definition) is 4. The van der Waals surface area contributed by atoms with E-state index < -0.39 is 11.9 Å². The van der Waals surface area contributed by atoms with Crippen molar-refractivity contribution in [2.75, 3.05) is 6.61 Å². The molecule has 1 aromatic carbocycles. The predicted molar refractivity (Wildman–Crippen MR) is 60.3 cm³/mol. The molecule has 82 valence electrons. The summed E-state index contributed by atoms with van der Waals surface area (Å²) in [7, 11) is 0. The van der Waals surface area contributed by atoms with Gasteiger partial charge in [-0.3, -0.25) is 9.79 Å². The number of hydrogen-bond donors (Lipinski definition) is 0. The van der Waals surface area contributed by atoms with Crippen LogP contribution >= 0.6 is 0 Å². The molecule has 1 aromatic rings. The first-order valence-electron chi connectivity index (χ1n) is 4.93. The molecule has 0 aliphatic rings. The van der Waals surface area contributed by atoms with Gasteiger partial charge in [-0.25, -0.2) is 0 Å². The second-order valence-corrected chi connectivity index (χ2v) is 2.97. The van der Waals surface area contributed by atoms with Crippen molar-refractivity contribution in [3.05, 3.63) is 30.3 Å². The van der Waals surface area contributed by atoms with Gasteiger partial charge in [-0.15, -0.1) is 0 Å². The van der Waals surface area contributed by atoms with E-state index in [9.17, 15) is 4.79 Å². The molecule has 4 heteroatoms. The minimum absolute atomic E-state index is 0.260. The van der Waals surface area contributed by atoms with Crippen molar-refractivity contribution in [1.29, 1.82) is 5.26 Å². The molecule has 1 atom stereocenters. The van der Waals surface area contributed by atoms with Gasteiger partial charge in [0.25, 0.3) is 0 Å². The van der Waals surface area contributed by atoms with E-state index in [2.05, 4.69) is 4.99 Å². The molecule has 0 saturated heterocycles. The highest BCUT2D eigenvalue weighted by molar-refractivity contribution is 5.93. The summed E-state index contributed by atoms with van der Waals surface area (Å²) in [5.41, 5.74) is 0.701. The first-order chi connectivity index (χ1) is 7.77. The number of benzene rings is 1. The van der Waals surface area contributed by atoms with E-state index in [1.807, 2.05) is 24.3 Å². The van der Waals surface area contributed by atoms with E-state index in [1.54, 1.807) is 19.1 Å². The maximum Gasteiger partial charge on any atom is 0.328 e. The molecule has 0 aliphatic heterocycles. The van der Waals surface area contributed by atoms with Gasteiger partial charge >= 0.3 is 5.97 Å². The van der Waals surface area contributed by atoms with Gasteiger partial charge in [0.2, 0.25) is 0 Å². The third-order valence-corrected chi connectivity index (χ3v) is 1.81. The van der Waals surface area contributed by atoms with Crippen molar-refractivity contribution in [1.82, 2.24) is 0 Å². The number of carbonyl (C=O) groups excluding carboxylic acids is 1. The van der Waals surface area contributed by atoms with Crippen LogP contribution in [0.15, 0.2) is 35.3 Å². The van der Waals surface area contributed by atoms with Crippen LogP contribution in [0, 0.1) is 17.2 Å². The number of ether oxygens (including phenoxy) is 1. The Labute approximate surface area is 94.2 Å². The van der Waals surface area contributed by atoms with Crippen molar-refractivity contribution in [3.8, 4) is 6.07 Å². The summed E-state index contributed by atoms with van der Waals surface area (Å²) in [6.45, 7) is 1.96. The summed E-state index contributed by atoms with van der Waals surface area (Å²) in [5.74, 6) is -1.51. The molecule has 0 fully saturated rings. The minimum Gasteiger partial charge on any atom is -0.465 e. The highest BCUT2D eigenvalue weighted by Crippen LogP contribution is 2.09. The fraction of sp³-hybridized carbons (Fsp3) is 0.250. The number of rotatable bonds is 4. The zero-order chi connectivity index (χ0) is 11.8. The van der Waals surface area contributed by atoms with Crippen molar-refractivity contribution in [2.24, 2.45) is 10.9 Å². The fourth-order valence-electron chi connectivity index (χ4n) is 1.05. The van der Waals surface area contributed by atoms with E-state index >= 15 is 0 Å². The van der Waals surface area contributed by atoms with Crippen molar-refractivity contribution < 1.29 is 9.53 Å². The second kappa shape index (κ2) is 6.36. The zero-order valence-corrected chi connectivity index (χ0v) is 8.96. The van der Waals surface area contributed by atoms with Gasteiger partial charge in [-0.05, 0) is 19.1 Å². The van der Waals surface area contributed by atoms with E-state index in [4.69, 9.17) is 10.00 Å². The predicted octanol–water partition coefficient (Wildman–Crippen LogP) is 2.09. The lowest BCUT2D eigenvalue weighted by atomic mass is 10.2. The van der Waals surface area contributed by atoms with Crippen LogP contribution in [0.3, 0.4) is 0 Å². The zero-order valence-electron chi connectivity index (χ0n) is 8.96. The maximum atomic E-state index is 11.3. The molecule has 0 amide bonds. The quantitative estimate of drug-likeness (QED) is 0.571. The van der Waals surface area contributed by atoms with E-state index in [0.717, 1.165) is 0 Å². The van der Waals surface area contributed by atoms with Crippen LogP contribution in [0.5, 0.6) is 0 Å². The molecule has 0 bridgehead atoms. The lowest BCUT2D eigenvalue weighted by Crippen LogP contribution is -2.17. The van der Waals surface area contributed by atoms with Gasteiger partial charge in [0, 0.05) is 6.21 Å².